The molecule has 2 heterocycles. The number of nitrogen functional groups attached to an aromatic ring is 1. The van der Waals surface area contributed by atoms with Gasteiger partial charge in [0.05, 0.1) is 17.6 Å². The van der Waals surface area contributed by atoms with E-state index < -0.39 is 0 Å². The molecule has 0 atom stereocenters. The molecule has 1 saturated carbocycles. The van der Waals surface area contributed by atoms with E-state index in [4.69, 9.17) is 5.73 Å². The Kier molecular flexibility index (Phi) is 2.28. The summed E-state index contributed by atoms with van der Waals surface area (Å²) in [4.78, 5) is 13.2. The maximum Gasteiger partial charge on any atom is 0.178 e. The molecule has 1 aliphatic carbocycles. The molecule has 4 nitrogen and oxygen atoms in total. The Balaban J connectivity index is 2.09. The molecule has 0 radical (unpaired) electrons. The van der Waals surface area contributed by atoms with Gasteiger partial charge in [0.2, 0.25) is 0 Å². The van der Waals surface area contributed by atoms with Gasteiger partial charge in [0.1, 0.15) is 5.69 Å². The zero-order valence-corrected chi connectivity index (χ0v) is 9.72. The molecule has 4 heteroatoms. The summed E-state index contributed by atoms with van der Waals surface area (Å²) in [6.45, 7) is 2.01. The Morgan fingerprint density at radius 3 is 2.82 bits per heavy atom. The SMILES string of the molecule is Cc1cccnc1-c1ncc(N)c(C2CC2)n1. The van der Waals surface area contributed by atoms with Crippen molar-refractivity contribution in [3.63, 3.8) is 0 Å². The van der Waals surface area contributed by atoms with E-state index in [9.17, 15) is 0 Å². The van der Waals surface area contributed by atoms with Gasteiger partial charge in [-0.1, -0.05) is 6.07 Å². The van der Waals surface area contributed by atoms with Gasteiger partial charge in [-0.05, 0) is 31.4 Å². The number of anilines is 1. The van der Waals surface area contributed by atoms with Crippen LogP contribution in [-0.2, 0) is 0 Å². The van der Waals surface area contributed by atoms with Crippen LogP contribution in [0.2, 0.25) is 0 Å². The van der Waals surface area contributed by atoms with Gasteiger partial charge in [0, 0.05) is 12.1 Å². The number of pyridine rings is 1. The molecule has 0 saturated heterocycles. The molecule has 1 aliphatic rings. The molecule has 2 aromatic heterocycles. The van der Waals surface area contributed by atoms with Crippen LogP contribution >= 0.6 is 0 Å². The number of hydrogen-bond donors (Lipinski definition) is 1. The minimum atomic E-state index is 0.528. The summed E-state index contributed by atoms with van der Waals surface area (Å²) in [6.07, 6.45) is 5.83. The van der Waals surface area contributed by atoms with Crippen LogP contribution in [0.3, 0.4) is 0 Å². The summed E-state index contributed by atoms with van der Waals surface area (Å²) >= 11 is 0. The van der Waals surface area contributed by atoms with Crippen LogP contribution in [0.4, 0.5) is 5.69 Å². The third-order valence-corrected chi connectivity index (χ3v) is 3.03. The second kappa shape index (κ2) is 3.80. The van der Waals surface area contributed by atoms with Crippen LogP contribution in [-0.4, -0.2) is 15.0 Å². The van der Waals surface area contributed by atoms with Crippen LogP contribution < -0.4 is 5.73 Å². The van der Waals surface area contributed by atoms with Crippen LogP contribution in [0, 0.1) is 6.92 Å². The first-order chi connectivity index (χ1) is 8.25. The largest absolute Gasteiger partial charge is 0.396 e. The lowest BCUT2D eigenvalue weighted by Gasteiger charge is -2.07. The number of nitrogens with zero attached hydrogens (tertiary/aromatic N) is 3. The van der Waals surface area contributed by atoms with Crippen LogP contribution in [0.25, 0.3) is 11.5 Å². The smallest absolute Gasteiger partial charge is 0.178 e. The van der Waals surface area contributed by atoms with Gasteiger partial charge in [-0.15, -0.1) is 0 Å². The van der Waals surface area contributed by atoms with Crippen molar-refractivity contribution in [1.29, 1.82) is 0 Å². The van der Waals surface area contributed by atoms with Crippen molar-refractivity contribution in [1.82, 2.24) is 15.0 Å². The van der Waals surface area contributed by atoms with Crippen LogP contribution in [0.15, 0.2) is 24.5 Å². The Bertz CT molecular complexity index is 561. The molecule has 0 aromatic carbocycles. The van der Waals surface area contributed by atoms with E-state index in [0.717, 1.165) is 17.0 Å². The molecule has 0 amide bonds. The van der Waals surface area contributed by atoms with Crippen molar-refractivity contribution >= 4 is 5.69 Å². The van der Waals surface area contributed by atoms with Gasteiger partial charge in [-0.2, -0.15) is 0 Å². The summed E-state index contributed by atoms with van der Waals surface area (Å²) in [5.74, 6) is 1.21. The standard InChI is InChI=1S/C13H14N4/c1-8-3-2-6-15-11(8)13-16-7-10(14)12(17-13)9-4-5-9/h2-3,6-7,9H,4-5,14H2,1H3. The van der Waals surface area contributed by atoms with Gasteiger partial charge in [-0.25, -0.2) is 9.97 Å². The average Bonchev–Trinajstić information content (AvgIpc) is 3.15. The van der Waals surface area contributed by atoms with Gasteiger partial charge in [0.15, 0.2) is 5.82 Å². The highest BCUT2D eigenvalue weighted by Crippen LogP contribution is 2.41. The van der Waals surface area contributed by atoms with Crippen molar-refractivity contribution in [2.45, 2.75) is 25.7 Å². The molecule has 0 bridgehead atoms. The lowest BCUT2D eigenvalue weighted by Crippen LogP contribution is -2.02. The summed E-state index contributed by atoms with van der Waals surface area (Å²) in [5.41, 5.74) is 9.51. The molecule has 0 aliphatic heterocycles. The summed E-state index contributed by atoms with van der Waals surface area (Å²) in [5, 5.41) is 0. The minimum Gasteiger partial charge on any atom is -0.396 e. The highest BCUT2D eigenvalue weighted by Gasteiger charge is 2.28. The Labute approximate surface area is 99.9 Å². The van der Waals surface area contributed by atoms with E-state index in [-0.39, 0.29) is 0 Å². The van der Waals surface area contributed by atoms with E-state index in [0.29, 0.717) is 17.4 Å². The number of nitrogens with two attached hydrogens (primary N) is 1. The average molecular weight is 226 g/mol. The minimum absolute atomic E-state index is 0.528. The highest BCUT2D eigenvalue weighted by atomic mass is 14.9. The Hall–Kier alpha value is -1.97. The predicted molar refractivity (Wildman–Crippen MR) is 66.4 cm³/mol. The van der Waals surface area contributed by atoms with Crippen molar-refractivity contribution in [2.24, 2.45) is 0 Å². The number of hydrogen-bond acceptors (Lipinski definition) is 4. The van der Waals surface area contributed by atoms with Gasteiger partial charge >= 0.3 is 0 Å². The number of aryl methyl sites for hydroxylation is 1. The van der Waals surface area contributed by atoms with E-state index in [2.05, 4.69) is 15.0 Å². The lowest BCUT2D eigenvalue weighted by molar-refractivity contribution is 0.991. The van der Waals surface area contributed by atoms with E-state index in [1.807, 2.05) is 19.1 Å². The first-order valence-corrected chi connectivity index (χ1v) is 5.80. The molecule has 0 spiro atoms. The van der Waals surface area contributed by atoms with Crippen molar-refractivity contribution < 1.29 is 0 Å². The van der Waals surface area contributed by atoms with E-state index in [1.165, 1.54) is 12.8 Å². The third-order valence-electron chi connectivity index (χ3n) is 3.03. The first kappa shape index (κ1) is 10.2. The fraction of sp³-hybridized carbons (Fsp3) is 0.308. The third kappa shape index (κ3) is 1.86. The zero-order chi connectivity index (χ0) is 11.8. The van der Waals surface area contributed by atoms with E-state index >= 15 is 0 Å². The zero-order valence-electron chi connectivity index (χ0n) is 9.72. The molecular weight excluding hydrogens is 212 g/mol. The topological polar surface area (TPSA) is 64.7 Å². The molecule has 86 valence electrons. The second-order valence-corrected chi connectivity index (χ2v) is 4.48. The summed E-state index contributed by atoms with van der Waals surface area (Å²) in [7, 11) is 0. The monoisotopic (exact) mass is 226 g/mol. The first-order valence-electron chi connectivity index (χ1n) is 5.80. The summed E-state index contributed by atoms with van der Waals surface area (Å²) < 4.78 is 0. The fourth-order valence-corrected chi connectivity index (χ4v) is 1.92. The van der Waals surface area contributed by atoms with Crippen LogP contribution in [0.5, 0.6) is 0 Å². The van der Waals surface area contributed by atoms with Gasteiger partial charge in [0.25, 0.3) is 0 Å². The molecule has 0 unspecified atom stereocenters. The molecular formula is C13H14N4. The Morgan fingerprint density at radius 2 is 2.12 bits per heavy atom. The molecule has 3 rings (SSSR count). The predicted octanol–water partition coefficient (Wildman–Crippen LogP) is 2.31. The second-order valence-electron chi connectivity index (χ2n) is 4.48. The van der Waals surface area contributed by atoms with Crippen molar-refractivity contribution in [2.75, 3.05) is 5.73 Å². The lowest BCUT2D eigenvalue weighted by atomic mass is 10.2. The molecule has 1 fully saturated rings. The van der Waals surface area contributed by atoms with E-state index in [1.54, 1.807) is 12.4 Å². The highest BCUT2D eigenvalue weighted by molar-refractivity contribution is 5.57. The van der Waals surface area contributed by atoms with Gasteiger partial charge in [-0.3, -0.25) is 4.98 Å². The molecule has 17 heavy (non-hydrogen) atoms. The van der Waals surface area contributed by atoms with Gasteiger partial charge < -0.3 is 5.73 Å². The normalized spacial score (nSPS) is 14.9. The molecule has 2 N–H and O–H groups in total. The molecule has 2 aromatic rings. The maximum absolute atomic E-state index is 5.90. The Morgan fingerprint density at radius 1 is 1.29 bits per heavy atom. The fourth-order valence-electron chi connectivity index (χ4n) is 1.92. The number of aromatic nitrogens is 3. The number of rotatable bonds is 2. The quantitative estimate of drug-likeness (QED) is 0.853. The summed E-state index contributed by atoms with van der Waals surface area (Å²) in [6, 6.07) is 3.93. The van der Waals surface area contributed by atoms with Crippen molar-refractivity contribution in [3.8, 4) is 11.5 Å². The van der Waals surface area contributed by atoms with Crippen molar-refractivity contribution in [3.05, 3.63) is 35.8 Å². The van der Waals surface area contributed by atoms with Crippen LogP contribution in [0.1, 0.15) is 30.0 Å². The maximum atomic E-state index is 5.90.